The summed E-state index contributed by atoms with van der Waals surface area (Å²) in [6.07, 6.45) is 3.08. The van der Waals surface area contributed by atoms with Crippen LogP contribution in [0.2, 0.25) is 10.0 Å². The molecule has 0 unspecified atom stereocenters. The average molecular weight is 437 g/mol. The molecule has 1 fully saturated rings. The molecule has 0 atom stereocenters. The molecule has 0 bridgehead atoms. The Labute approximate surface area is 173 Å². The van der Waals surface area contributed by atoms with Crippen LogP contribution < -0.4 is 4.90 Å². The van der Waals surface area contributed by atoms with Gasteiger partial charge in [0.1, 0.15) is 0 Å². The molecular weight excluding hydrogens is 419 g/mol. The fourth-order valence-electron chi connectivity index (χ4n) is 3.24. The Morgan fingerprint density at radius 3 is 2.32 bits per heavy atom. The van der Waals surface area contributed by atoms with E-state index in [0.717, 1.165) is 32.4 Å². The molecule has 1 saturated heterocycles. The van der Waals surface area contributed by atoms with Crippen molar-refractivity contribution in [3.63, 3.8) is 0 Å². The summed E-state index contributed by atoms with van der Waals surface area (Å²) < 4.78 is 32.6. The van der Waals surface area contributed by atoms with Gasteiger partial charge in [0.05, 0.1) is 4.90 Å². The zero-order valence-electron chi connectivity index (χ0n) is 14.9. The van der Waals surface area contributed by atoms with Crippen molar-refractivity contribution in [3.05, 3.63) is 58.6 Å². The van der Waals surface area contributed by atoms with E-state index in [9.17, 15) is 8.42 Å². The summed E-state index contributed by atoms with van der Waals surface area (Å²) in [6.45, 7) is 1.46. The predicted octanol–water partition coefficient (Wildman–Crippen LogP) is 5.47. The Bertz CT molecular complexity index is 1090. The van der Waals surface area contributed by atoms with E-state index >= 15 is 0 Å². The first-order valence-electron chi connectivity index (χ1n) is 8.97. The van der Waals surface area contributed by atoms with Crippen LogP contribution >= 0.6 is 23.2 Å². The van der Waals surface area contributed by atoms with E-state index in [2.05, 4.69) is 4.98 Å². The molecule has 0 radical (unpaired) electrons. The Morgan fingerprint density at radius 2 is 1.64 bits per heavy atom. The van der Waals surface area contributed by atoms with Gasteiger partial charge in [0.15, 0.2) is 0 Å². The monoisotopic (exact) mass is 436 g/mol. The molecule has 5 nitrogen and oxygen atoms in total. The highest BCUT2D eigenvalue weighted by molar-refractivity contribution is 7.91. The second-order valence-electron chi connectivity index (χ2n) is 6.64. The molecule has 0 aliphatic carbocycles. The zero-order valence-corrected chi connectivity index (χ0v) is 17.3. The Kier molecular flexibility index (Phi) is 5.36. The molecule has 4 rings (SSSR count). The molecule has 28 heavy (non-hydrogen) atoms. The molecule has 2 heterocycles. The first-order chi connectivity index (χ1) is 13.4. The number of oxazole rings is 1. The normalized spacial score (nSPS) is 15.0. The van der Waals surface area contributed by atoms with E-state index < -0.39 is 9.84 Å². The lowest BCUT2D eigenvalue weighted by Gasteiger charge is -2.26. The third kappa shape index (κ3) is 3.77. The van der Waals surface area contributed by atoms with E-state index in [-0.39, 0.29) is 21.7 Å². The van der Waals surface area contributed by atoms with Gasteiger partial charge in [-0.3, -0.25) is 0 Å². The number of hydrogen-bond donors (Lipinski definition) is 0. The van der Waals surface area contributed by atoms with Crippen LogP contribution in [0.15, 0.2) is 62.9 Å². The van der Waals surface area contributed by atoms with Crippen LogP contribution in [0.1, 0.15) is 19.3 Å². The highest BCUT2D eigenvalue weighted by Crippen LogP contribution is 2.36. The van der Waals surface area contributed by atoms with Crippen molar-refractivity contribution < 1.29 is 12.8 Å². The molecule has 1 aliphatic heterocycles. The quantitative estimate of drug-likeness (QED) is 0.542. The van der Waals surface area contributed by atoms with Crippen molar-refractivity contribution >= 4 is 38.9 Å². The molecule has 0 spiro atoms. The summed E-state index contributed by atoms with van der Waals surface area (Å²) in [5.74, 6) is 0.514. The third-order valence-electron chi connectivity index (χ3n) is 4.67. The highest BCUT2D eigenvalue weighted by Gasteiger charge is 2.32. The lowest BCUT2D eigenvalue weighted by atomic mass is 10.1. The van der Waals surface area contributed by atoms with Gasteiger partial charge >= 0.3 is 0 Å². The van der Waals surface area contributed by atoms with Crippen LogP contribution in [0.3, 0.4) is 0 Å². The maximum absolute atomic E-state index is 13.3. The van der Waals surface area contributed by atoms with E-state index in [1.807, 2.05) is 4.90 Å². The van der Waals surface area contributed by atoms with Gasteiger partial charge in [0, 0.05) is 28.7 Å². The van der Waals surface area contributed by atoms with Crippen molar-refractivity contribution in [1.82, 2.24) is 4.98 Å². The maximum atomic E-state index is 13.3. The van der Waals surface area contributed by atoms with Crippen molar-refractivity contribution in [1.29, 1.82) is 0 Å². The summed E-state index contributed by atoms with van der Waals surface area (Å²) in [5.41, 5.74) is 0.628. The molecule has 1 aliphatic rings. The average Bonchev–Trinajstić information content (AvgIpc) is 3.15. The second kappa shape index (κ2) is 7.78. The molecule has 3 aromatic rings. The van der Waals surface area contributed by atoms with Crippen LogP contribution in [0, 0.1) is 0 Å². The zero-order chi connectivity index (χ0) is 19.7. The van der Waals surface area contributed by atoms with Gasteiger partial charge in [-0.1, -0.05) is 29.3 Å². The van der Waals surface area contributed by atoms with Gasteiger partial charge < -0.3 is 9.32 Å². The number of nitrogens with zero attached hydrogens (tertiary/aromatic N) is 2. The van der Waals surface area contributed by atoms with E-state index in [0.29, 0.717) is 15.6 Å². The molecule has 1 aromatic heterocycles. The summed E-state index contributed by atoms with van der Waals surface area (Å²) in [5, 5.41) is 0.916. The molecule has 8 heteroatoms. The molecule has 0 amide bonds. The smallest absolute Gasteiger partial charge is 0.236 e. The topological polar surface area (TPSA) is 63.4 Å². The summed E-state index contributed by atoms with van der Waals surface area (Å²) in [7, 11) is -3.87. The fourth-order valence-corrected chi connectivity index (χ4v) is 4.88. The second-order valence-corrected chi connectivity index (χ2v) is 9.38. The summed E-state index contributed by atoms with van der Waals surface area (Å²) in [6, 6.07) is 13.1. The van der Waals surface area contributed by atoms with Gasteiger partial charge in [-0.15, -0.1) is 0 Å². The van der Waals surface area contributed by atoms with Crippen LogP contribution in [0.4, 0.5) is 5.88 Å². The number of hydrogen-bond acceptors (Lipinski definition) is 5. The van der Waals surface area contributed by atoms with Gasteiger partial charge in [-0.25, -0.2) is 8.42 Å². The Morgan fingerprint density at radius 1 is 0.929 bits per heavy atom. The van der Waals surface area contributed by atoms with Crippen LogP contribution in [-0.2, 0) is 9.84 Å². The van der Waals surface area contributed by atoms with E-state index in [4.69, 9.17) is 27.6 Å². The van der Waals surface area contributed by atoms with Crippen molar-refractivity contribution in [3.8, 4) is 11.5 Å². The highest BCUT2D eigenvalue weighted by atomic mass is 35.5. The first kappa shape index (κ1) is 19.3. The number of anilines is 1. The number of benzene rings is 2. The number of halogens is 2. The van der Waals surface area contributed by atoms with Gasteiger partial charge in [-0.2, -0.15) is 4.98 Å². The number of sulfone groups is 1. The number of aromatic nitrogens is 1. The Balaban J connectivity index is 1.85. The first-order valence-corrected chi connectivity index (χ1v) is 11.2. The van der Waals surface area contributed by atoms with Gasteiger partial charge in [-0.05, 0) is 61.7 Å². The minimum absolute atomic E-state index is 0.0771. The van der Waals surface area contributed by atoms with E-state index in [1.165, 1.54) is 12.1 Å². The van der Waals surface area contributed by atoms with Crippen molar-refractivity contribution in [2.45, 2.75) is 29.2 Å². The molecule has 0 saturated carbocycles. The van der Waals surface area contributed by atoms with Crippen molar-refractivity contribution in [2.24, 2.45) is 0 Å². The van der Waals surface area contributed by atoms with Crippen LogP contribution in [0.5, 0.6) is 0 Å². The molecule has 2 aromatic carbocycles. The van der Waals surface area contributed by atoms with E-state index in [1.54, 1.807) is 36.4 Å². The van der Waals surface area contributed by atoms with Crippen LogP contribution in [-0.4, -0.2) is 26.5 Å². The summed E-state index contributed by atoms with van der Waals surface area (Å²) in [4.78, 5) is 6.46. The minimum atomic E-state index is -3.87. The van der Waals surface area contributed by atoms with Gasteiger partial charge in [0.2, 0.25) is 26.6 Å². The number of piperidine rings is 1. The number of rotatable bonds is 4. The molecule has 0 N–H and O–H groups in total. The molecular formula is C20H18Cl2N2O3S. The SMILES string of the molecule is O=S(=O)(c1ccc(Cl)cc1)c1nc(-c2cccc(Cl)c2)oc1N1CCCCC1. The summed E-state index contributed by atoms with van der Waals surface area (Å²) >= 11 is 12.0. The van der Waals surface area contributed by atoms with Crippen LogP contribution in [0.25, 0.3) is 11.5 Å². The molecule has 146 valence electrons. The fraction of sp³-hybridized carbons (Fsp3) is 0.250. The standard InChI is InChI=1S/C20H18Cl2N2O3S/c21-15-7-9-17(10-8-15)28(25,26)19-20(24-11-2-1-3-12-24)27-18(23-19)14-5-4-6-16(22)13-14/h4-10,13H,1-3,11-12H2. The third-order valence-corrected chi connectivity index (χ3v) is 6.83. The lowest BCUT2D eigenvalue weighted by Crippen LogP contribution is -2.30. The largest absolute Gasteiger partial charge is 0.419 e. The van der Waals surface area contributed by atoms with Gasteiger partial charge in [0.25, 0.3) is 0 Å². The predicted molar refractivity (Wildman–Crippen MR) is 110 cm³/mol. The Hall–Kier alpha value is -2.02. The lowest BCUT2D eigenvalue weighted by molar-refractivity contribution is 0.499. The minimum Gasteiger partial charge on any atom is -0.419 e. The maximum Gasteiger partial charge on any atom is 0.236 e. The van der Waals surface area contributed by atoms with Crippen molar-refractivity contribution in [2.75, 3.05) is 18.0 Å².